The molecule has 0 aromatic heterocycles. The second-order valence-electron chi connectivity index (χ2n) is 3.72. The minimum absolute atomic E-state index is 0.316. The Balaban J connectivity index is 0. The number of esters is 1. The van der Waals surface area contributed by atoms with E-state index in [0.717, 1.165) is 24.8 Å². The first-order valence-electron chi connectivity index (χ1n) is 5.41. The van der Waals surface area contributed by atoms with Gasteiger partial charge in [-0.25, -0.2) is 15.0 Å². The average Bonchev–Trinajstić information content (AvgIpc) is 2.23. The first-order chi connectivity index (χ1) is 7.58. The summed E-state index contributed by atoms with van der Waals surface area (Å²) >= 11 is 0. The number of unbranched alkanes of at least 4 members (excludes halogenated alkanes) is 2. The summed E-state index contributed by atoms with van der Waals surface area (Å²) < 4.78 is 4.84. The molecule has 0 aromatic rings. The zero-order valence-corrected chi connectivity index (χ0v) is 10.1. The Labute approximate surface area is 97.2 Å². The first-order valence-corrected chi connectivity index (χ1v) is 5.41. The van der Waals surface area contributed by atoms with Crippen LogP contribution in [0.25, 0.3) is 0 Å². The van der Waals surface area contributed by atoms with Crippen LogP contribution in [-0.2, 0) is 14.3 Å². The van der Waals surface area contributed by atoms with Gasteiger partial charge in [-0.15, -0.1) is 0 Å². The standard InChI is InChI=1S/C11H20O2.CHNO/c1-4-11(12)13-9-7-5-6-8-10(2)3;2-1-3/h4,10H,1,5-9H2,2-3H3;2H. The molecule has 4 nitrogen and oxygen atoms in total. The van der Waals surface area contributed by atoms with Crippen LogP contribution >= 0.6 is 0 Å². The molecule has 0 heterocycles. The SMILES string of the molecule is C=CC(=O)OCCCCCC(C)C.N=C=O. The van der Waals surface area contributed by atoms with E-state index in [2.05, 4.69) is 20.4 Å². The Morgan fingerprint density at radius 3 is 2.44 bits per heavy atom. The van der Waals surface area contributed by atoms with Gasteiger partial charge in [-0.05, 0) is 12.3 Å². The lowest BCUT2D eigenvalue weighted by Crippen LogP contribution is -2.01. The monoisotopic (exact) mass is 227 g/mol. The van der Waals surface area contributed by atoms with Gasteiger partial charge in [-0.3, -0.25) is 0 Å². The van der Waals surface area contributed by atoms with Crippen LogP contribution in [0.3, 0.4) is 0 Å². The van der Waals surface area contributed by atoms with Gasteiger partial charge in [0.1, 0.15) is 0 Å². The molecule has 0 amide bonds. The Morgan fingerprint density at radius 2 is 2.00 bits per heavy atom. The normalized spacial score (nSPS) is 8.69. The summed E-state index contributed by atoms with van der Waals surface area (Å²) in [6, 6.07) is 0. The molecule has 0 atom stereocenters. The van der Waals surface area contributed by atoms with Gasteiger partial charge in [0.25, 0.3) is 0 Å². The Hall–Kier alpha value is -1.41. The molecular formula is C12H21NO3. The fourth-order valence-electron chi connectivity index (χ4n) is 1.06. The second-order valence-corrected chi connectivity index (χ2v) is 3.72. The van der Waals surface area contributed by atoms with E-state index in [1.807, 2.05) is 0 Å². The highest BCUT2D eigenvalue weighted by Gasteiger charge is 1.96. The molecule has 0 rings (SSSR count). The number of carbonyl (C=O) groups is 1. The van der Waals surface area contributed by atoms with Gasteiger partial charge in [0.2, 0.25) is 6.08 Å². The molecule has 4 heteroatoms. The van der Waals surface area contributed by atoms with E-state index in [0.29, 0.717) is 6.61 Å². The molecule has 0 aliphatic heterocycles. The lowest BCUT2D eigenvalue weighted by atomic mass is 10.1. The summed E-state index contributed by atoms with van der Waals surface area (Å²) in [6.45, 7) is 8.29. The molecule has 0 unspecified atom stereocenters. The molecule has 0 bridgehead atoms. The Morgan fingerprint density at radius 1 is 1.44 bits per heavy atom. The fourth-order valence-corrected chi connectivity index (χ4v) is 1.06. The molecule has 0 saturated carbocycles. The van der Waals surface area contributed by atoms with Crippen molar-refractivity contribution in [2.24, 2.45) is 5.92 Å². The zero-order valence-electron chi connectivity index (χ0n) is 10.1. The number of nitrogens with one attached hydrogen (secondary N) is 1. The molecule has 0 aliphatic rings. The van der Waals surface area contributed by atoms with Crippen molar-refractivity contribution in [2.45, 2.75) is 39.5 Å². The number of ether oxygens (including phenoxy) is 1. The molecular weight excluding hydrogens is 206 g/mol. The summed E-state index contributed by atoms with van der Waals surface area (Å²) in [5.74, 6) is 0.458. The minimum Gasteiger partial charge on any atom is -0.463 e. The number of rotatable bonds is 7. The van der Waals surface area contributed by atoms with Gasteiger partial charge in [-0.2, -0.15) is 0 Å². The summed E-state index contributed by atoms with van der Waals surface area (Å²) in [6.07, 6.45) is 6.54. The van der Waals surface area contributed by atoms with Gasteiger partial charge in [0.15, 0.2) is 0 Å². The molecule has 92 valence electrons. The third-order valence-electron chi connectivity index (χ3n) is 1.84. The van der Waals surface area contributed by atoms with E-state index in [1.54, 1.807) is 0 Å². The van der Waals surface area contributed by atoms with Crippen LogP contribution in [-0.4, -0.2) is 18.7 Å². The van der Waals surface area contributed by atoms with Crippen molar-refractivity contribution in [3.63, 3.8) is 0 Å². The minimum atomic E-state index is -0.316. The van der Waals surface area contributed by atoms with Crippen LogP contribution in [0, 0.1) is 11.3 Å². The summed E-state index contributed by atoms with van der Waals surface area (Å²) in [7, 11) is 0. The van der Waals surface area contributed by atoms with Gasteiger partial charge in [0, 0.05) is 6.08 Å². The molecule has 0 aliphatic carbocycles. The predicted octanol–water partition coefficient (Wildman–Crippen LogP) is 2.83. The van der Waals surface area contributed by atoms with Crippen LogP contribution in [0.1, 0.15) is 39.5 Å². The number of hydrogen-bond donors (Lipinski definition) is 1. The molecule has 16 heavy (non-hydrogen) atoms. The van der Waals surface area contributed by atoms with Gasteiger partial charge in [-0.1, -0.05) is 39.7 Å². The van der Waals surface area contributed by atoms with Crippen LogP contribution in [0.15, 0.2) is 12.7 Å². The van der Waals surface area contributed by atoms with E-state index < -0.39 is 0 Å². The van der Waals surface area contributed by atoms with Crippen molar-refractivity contribution in [2.75, 3.05) is 6.61 Å². The third kappa shape index (κ3) is 18.4. The lowest BCUT2D eigenvalue weighted by Gasteiger charge is -2.04. The van der Waals surface area contributed by atoms with E-state index in [4.69, 9.17) is 14.9 Å². The number of carbonyl (C=O) groups excluding carboxylic acids is 2. The largest absolute Gasteiger partial charge is 0.463 e. The van der Waals surface area contributed by atoms with Crippen LogP contribution in [0.5, 0.6) is 0 Å². The van der Waals surface area contributed by atoms with Crippen LogP contribution in [0.2, 0.25) is 0 Å². The second kappa shape index (κ2) is 13.6. The molecule has 0 radical (unpaired) electrons. The van der Waals surface area contributed by atoms with E-state index in [9.17, 15) is 4.79 Å². The van der Waals surface area contributed by atoms with Crippen molar-refractivity contribution >= 4 is 12.0 Å². The highest BCUT2D eigenvalue weighted by atomic mass is 16.5. The van der Waals surface area contributed by atoms with Gasteiger partial charge < -0.3 is 4.74 Å². The smallest absolute Gasteiger partial charge is 0.330 e. The molecule has 0 saturated heterocycles. The van der Waals surface area contributed by atoms with Gasteiger partial charge in [0.05, 0.1) is 6.61 Å². The topological polar surface area (TPSA) is 67.2 Å². The zero-order chi connectivity index (χ0) is 12.8. The summed E-state index contributed by atoms with van der Waals surface area (Å²) in [5.41, 5.74) is 0. The van der Waals surface area contributed by atoms with Crippen LogP contribution < -0.4 is 0 Å². The molecule has 1 N–H and O–H groups in total. The van der Waals surface area contributed by atoms with Crippen molar-refractivity contribution in [1.29, 1.82) is 5.41 Å². The quantitative estimate of drug-likeness (QED) is 0.239. The fraction of sp³-hybridized carbons (Fsp3) is 0.667. The van der Waals surface area contributed by atoms with Crippen molar-refractivity contribution in [3.05, 3.63) is 12.7 Å². The maximum Gasteiger partial charge on any atom is 0.330 e. The Bertz CT molecular complexity index is 218. The van der Waals surface area contributed by atoms with Crippen molar-refractivity contribution in [3.8, 4) is 0 Å². The highest BCUT2D eigenvalue weighted by Crippen LogP contribution is 2.07. The maximum absolute atomic E-state index is 10.6. The van der Waals surface area contributed by atoms with Gasteiger partial charge >= 0.3 is 5.97 Å². The van der Waals surface area contributed by atoms with Crippen molar-refractivity contribution in [1.82, 2.24) is 0 Å². The molecule has 0 fully saturated rings. The summed E-state index contributed by atoms with van der Waals surface area (Å²) in [5, 5.41) is 5.40. The highest BCUT2D eigenvalue weighted by molar-refractivity contribution is 5.81. The number of hydrogen-bond acceptors (Lipinski definition) is 4. The first kappa shape index (κ1) is 17.0. The van der Waals surface area contributed by atoms with Crippen LogP contribution in [0.4, 0.5) is 0 Å². The van der Waals surface area contributed by atoms with Crippen molar-refractivity contribution < 1.29 is 14.3 Å². The molecule has 0 aromatic carbocycles. The number of isocyanates is 1. The Kier molecular flexibility index (Phi) is 14.4. The third-order valence-corrected chi connectivity index (χ3v) is 1.84. The maximum atomic E-state index is 10.6. The average molecular weight is 227 g/mol. The molecule has 0 spiro atoms. The summed E-state index contributed by atoms with van der Waals surface area (Å²) in [4.78, 5) is 19.0. The lowest BCUT2D eigenvalue weighted by molar-refractivity contribution is -0.137. The van der Waals surface area contributed by atoms with E-state index >= 15 is 0 Å². The van der Waals surface area contributed by atoms with E-state index in [1.165, 1.54) is 18.9 Å². The van der Waals surface area contributed by atoms with E-state index in [-0.39, 0.29) is 5.97 Å². The predicted molar refractivity (Wildman–Crippen MR) is 62.9 cm³/mol.